The molecule has 2 N–H and O–H groups in total. The molecule has 0 aromatic carbocycles. The summed E-state index contributed by atoms with van der Waals surface area (Å²) in [6, 6.07) is 0. The van der Waals surface area contributed by atoms with Gasteiger partial charge < -0.3 is 19.7 Å². The van der Waals surface area contributed by atoms with Gasteiger partial charge in [0.15, 0.2) is 17.3 Å². The molecule has 0 saturated heterocycles. The molecular formula is C39H35F39O7. The standard InChI is InChI=1S/2C13H11F13O2.C8H5F13O.C5H8O2/c2*1-2-7(27)3-5-28-6-4-8(14,15)9(16,17)10(18,19)11(20,21)12(22,23)13(24,25)26;9-3(10,1-2-22)4(11,12)5(13,14)6(15,16)7(17,18)8(19,20)21;1-2-5(7)3-4-6/h2*2H,1,3-6H2;22H,1-2H2;2,6H,1,3-4H2. The minimum Gasteiger partial charge on any atom is -0.396 e. The summed E-state index contributed by atoms with van der Waals surface area (Å²) >= 11 is 0. The molecule has 46 heteroatoms. The summed E-state index contributed by atoms with van der Waals surface area (Å²) in [7, 11) is 0. The number of ketones is 3. The summed E-state index contributed by atoms with van der Waals surface area (Å²) in [4.78, 5) is 31.6. The van der Waals surface area contributed by atoms with Crippen LogP contribution in [0.3, 0.4) is 0 Å². The van der Waals surface area contributed by atoms with E-state index >= 15 is 0 Å². The number of allylic oxidation sites excluding steroid dienone is 3. The van der Waals surface area contributed by atoms with E-state index in [0.29, 0.717) is 0 Å². The second kappa shape index (κ2) is 29.1. The molecule has 0 amide bonds. The van der Waals surface area contributed by atoms with Crippen LogP contribution in [0.25, 0.3) is 0 Å². The molecule has 0 radical (unpaired) electrons. The number of aliphatic hydroxyl groups excluding tert-OH is 2. The van der Waals surface area contributed by atoms with E-state index in [-0.39, 0.29) is 18.8 Å². The highest BCUT2D eigenvalue weighted by Crippen LogP contribution is 2.64. The summed E-state index contributed by atoms with van der Waals surface area (Å²) in [6.45, 7) is 2.70. The van der Waals surface area contributed by atoms with Crippen molar-refractivity contribution in [2.75, 3.05) is 39.6 Å². The first-order chi connectivity index (χ1) is 37.0. The van der Waals surface area contributed by atoms with Gasteiger partial charge in [-0.15, -0.1) is 0 Å². The molecule has 0 aromatic rings. The number of alkyl halides is 39. The van der Waals surface area contributed by atoms with Crippen LogP contribution in [0.15, 0.2) is 38.0 Å². The Bertz CT molecular complexity index is 2060. The van der Waals surface area contributed by atoms with Crippen molar-refractivity contribution in [3.63, 3.8) is 0 Å². The summed E-state index contributed by atoms with van der Waals surface area (Å²) in [5.74, 6) is -112. The molecule has 0 aliphatic rings. The van der Waals surface area contributed by atoms with Crippen molar-refractivity contribution in [1.29, 1.82) is 0 Å². The van der Waals surface area contributed by atoms with Crippen LogP contribution in [-0.4, -0.2) is 175 Å². The van der Waals surface area contributed by atoms with E-state index in [4.69, 9.17) is 10.2 Å². The molecule has 506 valence electrons. The van der Waals surface area contributed by atoms with Gasteiger partial charge in [-0.2, -0.15) is 171 Å². The number of carbonyl (C=O) groups excluding carboxylic acids is 3. The van der Waals surface area contributed by atoms with Crippen molar-refractivity contribution in [3.8, 4) is 0 Å². The van der Waals surface area contributed by atoms with Crippen LogP contribution >= 0.6 is 0 Å². The molecule has 0 spiro atoms. The Morgan fingerprint density at radius 1 is 0.271 bits per heavy atom. The minimum absolute atomic E-state index is 0.0785. The number of ether oxygens (including phenoxy) is 2. The highest BCUT2D eigenvalue weighted by molar-refractivity contribution is 5.89. The molecule has 0 aliphatic heterocycles. The lowest BCUT2D eigenvalue weighted by atomic mass is 9.93. The van der Waals surface area contributed by atoms with E-state index in [9.17, 15) is 186 Å². The monoisotopic (exact) mass is 1360 g/mol. The third kappa shape index (κ3) is 18.2. The topological polar surface area (TPSA) is 110 Å². The van der Waals surface area contributed by atoms with Crippen molar-refractivity contribution < 1.29 is 205 Å². The predicted molar refractivity (Wildman–Crippen MR) is 201 cm³/mol. The smallest absolute Gasteiger partial charge is 0.396 e. The van der Waals surface area contributed by atoms with Gasteiger partial charge in [-0.05, 0) is 18.2 Å². The third-order valence-corrected chi connectivity index (χ3v) is 9.57. The van der Waals surface area contributed by atoms with Gasteiger partial charge in [-0.1, -0.05) is 19.7 Å². The Kier molecular flexibility index (Phi) is 29.7. The molecular weight excluding hydrogens is 1320 g/mol. The summed E-state index contributed by atoms with van der Waals surface area (Å²) < 4.78 is 502. The van der Waals surface area contributed by atoms with E-state index < -0.39 is 184 Å². The maximum Gasteiger partial charge on any atom is 0.460 e. The number of halogens is 39. The first kappa shape index (κ1) is 86.8. The maximum absolute atomic E-state index is 13.3. The van der Waals surface area contributed by atoms with E-state index in [1.807, 2.05) is 0 Å². The van der Waals surface area contributed by atoms with Crippen molar-refractivity contribution >= 4 is 17.3 Å². The predicted octanol–water partition coefficient (Wildman–Crippen LogP) is 14.8. The minimum atomic E-state index is -7.91. The number of carbonyl (C=O) groups is 3. The molecule has 0 unspecified atom stereocenters. The van der Waals surface area contributed by atoms with Gasteiger partial charge in [0.2, 0.25) is 0 Å². The second-order valence-corrected chi connectivity index (χ2v) is 15.7. The van der Waals surface area contributed by atoms with Crippen molar-refractivity contribution in [2.24, 2.45) is 0 Å². The van der Waals surface area contributed by atoms with Gasteiger partial charge in [0.05, 0.1) is 33.0 Å². The highest BCUT2D eigenvalue weighted by Gasteiger charge is 2.93. The Balaban J connectivity index is -0.000000550. The van der Waals surface area contributed by atoms with Crippen LogP contribution in [0.2, 0.25) is 0 Å². The average molecular weight is 1360 g/mol. The van der Waals surface area contributed by atoms with E-state index in [1.165, 1.54) is 6.08 Å². The Hall–Kier alpha value is -4.66. The highest BCUT2D eigenvalue weighted by atomic mass is 19.5. The molecule has 85 heavy (non-hydrogen) atoms. The molecule has 0 atom stereocenters. The first-order valence-corrected chi connectivity index (χ1v) is 20.7. The molecule has 0 bridgehead atoms. The molecule has 0 aromatic heterocycles. The zero-order valence-corrected chi connectivity index (χ0v) is 40.5. The summed E-state index contributed by atoms with van der Waals surface area (Å²) in [5, 5.41) is 16.0. The van der Waals surface area contributed by atoms with Crippen LogP contribution in [0.5, 0.6) is 0 Å². The number of aliphatic hydroxyl groups is 2. The SMILES string of the molecule is C=CC(=O)CCO.C=CC(=O)CCOCCC(F)(F)C(F)(F)C(F)(F)C(F)(F)C(F)(F)C(F)(F)F.C=CC(=O)CCOCCC(F)(F)C(F)(F)C(F)(F)C(F)(F)C(F)(F)C(F)(F)F.OCCC(F)(F)C(F)(F)C(F)(F)C(F)(F)C(F)(F)C(F)(F)F. The van der Waals surface area contributed by atoms with Crippen LogP contribution in [0.4, 0.5) is 171 Å². The average Bonchev–Trinajstić information content (AvgIpc) is 3.32. The quantitative estimate of drug-likeness (QED) is 0.0404. The normalized spacial score (nSPS) is 14.6. The molecule has 0 saturated carbocycles. The lowest BCUT2D eigenvalue weighted by molar-refractivity contribution is -0.440. The number of rotatable bonds is 31. The first-order valence-electron chi connectivity index (χ1n) is 20.7. The van der Waals surface area contributed by atoms with Gasteiger partial charge in [-0.25, -0.2) is 0 Å². The Morgan fingerprint density at radius 2 is 0.459 bits per heavy atom. The van der Waals surface area contributed by atoms with Crippen molar-refractivity contribution in [1.82, 2.24) is 0 Å². The summed E-state index contributed by atoms with van der Waals surface area (Å²) in [5.41, 5.74) is 0. The lowest BCUT2D eigenvalue weighted by Gasteiger charge is -2.39. The fraction of sp³-hybridized carbons (Fsp3) is 0.769. The van der Waals surface area contributed by atoms with E-state index in [0.717, 1.165) is 12.2 Å². The fourth-order valence-corrected chi connectivity index (χ4v) is 4.38. The fourth-order valence-electron chi connectivity index (χ4n) is 4.38. The van der Waals surface area contributed by atoms with Crippen molar-refractivity contribution in [2.45, 2.75) is 146 Å². The second-order valence-electron chi connectivity index (χ2n) is 15.7. The Labute approximate surface area is 446 Å². The van der Waals surface area contributed by atoms with E-state index in [2.05, 4.69) is 29.2 Å². The molecule has 0 rings (SSSR count). The zero-order valence-electron chi connectivity index (χ0n) is 40.5. The van der Waals surface area contributed by atoms with Gasteiger partial charge >= 0.3 is 107 Å². The molecule has 7 nitrogen and oxygen atoms in total. The zero-order chi connectivity index (χ0) is 69.8. The molecule has 0 fully saturated rings. The molecule has 0 heterocycles. The maximum atomic E-state index is 13.3. The Morgan fingerprint density at radius 3 is 0.624 bits per heavy atom. The van der Waals surface area contributed by atoms with Crippen LogP contribution < -0.4 is 0 Å². The van der Waals surface area contributed by atoms with Crippen LogP contribution in [0.1, 0.15) is 38.5 Å². The third-order valence-electron chi connectivity index (χ3n) is 9.57. The number of hydrogen-bond donors (Lipinski definition) is 2. The largest absolute Gasteiger partial charge is 0.460 e. The van der Waals surface area contributed by atoms with Gasteiger partial charge in [0.1, 0.15) is 0 Å². The lowest BCUT2D eigenvalue weighted by Crippen LogP contribution is -2.70. The van der Waals surface area contributed by atoms with Gasteiger partial charge in [-0.3, -0.25) is 14.4 Å². The van der Waals surface area contributed by atoms with Crippen LogP contribution in [0, 0.1) is 0 Å². The van der Waals surface area contributed by atoms with E-state index in [1.54, 1.807) is 0 Å². The molecule has 0 aliphatic carbocycles. The van der Waals surface area contributed by atoms with Crippen LogP contribution in [-0.2, 0) is 23.9 Å². The van der Waals surface area contributed by atoms with Gasteiger partial charge in [0.25, 0.3) is 0 Å². The summed E-state index contributed by atoms with van der Waals surface area (Å²) in [6.07, 6.45) is -27.9. The van der Waals surface area contributed by atoms with Crippen molar-refractivity contribution in [3.05, 3.63) is 38.0 Å². The number of hydrogen-bond acceptors (Lipinski definition) is 7. The van der Waals surface area contributed by atoms with Gasteiger partial charge in [0, 0.05) is 45.1 Å².